The van der Waals surface area contributed by atoms with Gasteiger partial charge in [-0.1, -0.05) is 30.3 Å². The van der Waals surface area contributed by atoms with E-state index in [1.54, 1.807) is 23.1 Å². The van der Waals surface area contributed by atoms with E-state index in [-0.39, 0.29) is 11.6 Å². The fourth-order valence-electron chi connectivity index (χ4n) is 2.33. The molecule has 0 aliphatic rings. The molecule has 0 amide bonds. The first kappa shape index (κ1) is 14.2. The van der Waals surface area contributed by atoms with Crippen LogP contribution >= 0.6 is 0 Å². The van der Waals surface area contributed by atoms with E-state index in [9.17, 15) is 9.18 Å². The third-order valence-corrected chi connectivity index (χ3v) is 3.50. The summed E-state index contributed by atoms with van der Waals surface area (Å²) in [7, 11) is 0. The average Bonchev–Trinajstić information content (AvgIpc) is 2.97. The Morgan fingerprint density at radius 1 is 1.18 bits per heavy atom. The van der Waals surface area contributed by atoms with Gasteiger partial charge in [0, 0.05) is 22.9 Å². The number of aromatic nitrogens is 2. The molecule has 0 saturated heterocycles. The number of rotatable bonds is 4. The van der Waals surface area contributed by atoms with Crippen molar-refractivity contribution in [3.63, 3.8) is 0 Å². The summed E-state index contributed by atoms with van der Waals surface area (Å²) < 4.78 is 15.8. The number of Topliss-reactive ketones (excluding diaryl/α,β-unsaturated/α-hetero) is 1. The van der Waals surface area contributed by atoms with Crippen LogP contribution in [0.2, 0.25) is 0 Å². The van der Waals surface area contributed by atoms with Crippen molar-refractivity contribution in [2.45, 2.75) is 13.5 Å². The first-order valence-corrected chi connectivity index (χ1v) is 7.01. The van der Waals surface area contributed by atoms with Gasteiger partial charge in [-0.2, -0.15) is 5.10 Å². The number of carbonyl (C=O) groups excluding carboxylic acids is 1. The minimum Gasteiger partial charge on any atom is -0.295 e. The molecule has 0 aliphatic heterocycles. The third-order valence-electron chi connectivity index (χ3n) is 3.50. The Kier molecular flexibility index (Phi) is 3.83. The van der Waals surface area contributed by atoms with E-state index in [1.807, 2.05) is 30.3 Å². The fraction of sp³-hybridized carbons (Fsp3) is 0.111. The van der Waals surface area contributed by atoms with Crippen molar-refractivity contribution in [1.29, 1.82) is 0 Å². The van der Waals surface area contributed by atoms with Gasteiger partial charge in [0.05, 0.1) is 12.7 Å². The van der Waals surface area contributed by atoms with Gasteiger partial charge in [-0.05, 0) is 30.7 Å². The Bertz CT molecular complexity index is 809. The fourth-order valence-corrected chi connectivity index (χ4v) is 2.33. The molecule has 0 spiro atoms. The Labute approximate surface area is 128 Å². The average molecular weight is 294 g/mol. The number of ketones is 1. The summed E-state index contributed by atoms with van der Waals surface area (Å²) >= 11 is 0. The summed E-state index contributed by atoms with van der Waals surface area (Å²) in [6.45, 7) is 2.09. The Morgan fingerprint density at radius 3 is 2.68 bits per heavy atom. The highest BCUT2D eigenvalue weighted by atomic mass is 19.1. The third kappa shape index (κ3) is 2.96. The highest BCUT2D eigenvalue weighted by Gasteiger charge is 2.10. The molecule has 1 aromatic heterocycles. The van der Waals surface area contributed by atoms with Crippen LogP contribution in [0.15, 0.2) is 60.9 Å². The zero-order valence-electron chi connectivity index (χ0n) is 12.2. The summed E-state index contributed by atoms with van der Waals surface area (Å²) in [5, 5.41) is 4.27. The van der Waals surface area contributed by atoms with Crippen molar-refractivity contribution >= 4 is 5.78 Å². The molecule has 0 saturated carbocycles. The first-order chi connectivity index (χ1) is 10.6. The topological polar surface area (TPSA) is 34.9 Å². The van der Waals surface area contributed by atoms with Crippen LogP contribution in [-0.2, 0) is 6.54 Å². The van der Waals surface area contributed by atoms with Crippen LogP contribution in [0, 0.1) is 5.82 Å². The van der Waals surface area contributed by atoms with Crippen LogP contribution in [0.25, 0.3) is 11.1 Å². The number of halogens is 1. The number of carbonyl (C=O) groups is 1. The van der Waals surface area contributed by atoms with Gasteiger partial charge < -0.3 is 0 Å². The standard InChI is InChI=1S/C18H15FN2O/c1-13(22)15-7-8-18(19)17(9-15)16-10-20-21(12-16)11-14-5-3-2-4-6-14/h2-10,12H,11H2,1H3. The van der Waals surface area contributed by atoms with Crippen molar-refractivity contribution < 1.29 is 9.18 Å². The molecule has 0 radical (unpaired) electrons. The van der Waals surface area contributed by atoms with Crippen molar-refractivity contribution in [1.82, 2.24) is 9.78 Å². The lowest BCUT2D eigenvalue weighted by Crippen LogP contribution is -1.99. The SMILES string of the molecule is CC(=O)c1ccc(F)c(-c2cnn(Cc3ccccc3)c2)c1. The number of nitrogens with zero attached hydrogens (tertiary/aromatic N) is 2. The highest BCUT2D eigenvalue weighted by molar-refractivity contribution is 5.95. The van der Waals surface area contributed by atoms with Gasteiger partial charge >= 0.3 is 0 Å². The highest BCUT2D eigenvalue weighted by Crippen LogP contribution is 2.24. The normalized spacial score (nSPS) is 10.6. The maximum absolute atomic E-state index is 14.0. The van der Waals surface area contributed by atoms with Crippen LogP contribution in [0.1, 0.15) is 22.8 Å². The van der Waals surface area contributed by atoms with Gasteiger partial charge in [-0.3, -0.25) is 9.48 Å². The Balaban J connectivity index is 1.91. The molecule has 0 N–H and O–H groups in total. The zero-order valence-corrected chi connectivity index (χ0v) is 12.2. The van der Waals surface area contributed by atoms with Crippen LogP contribution in [-0.4, -0.2) is 15.6 Å². The second-order valence-electron chi connectivity index (χ2n) is 5.16. The predicted octanol–water partition coefficient (Wildman–Crippen LogP) is 3.94. The van der Waals surface area contributed by atoms with Crippen LogP contribution in [0.4, 0.5) is 4.39 Å². The summed E-state index contributed by atoms with van der Waals surface area (Å²) in [6.07, 6.45) is 3.40. The molecule has 0 bridgehead atoms. The van der Waals surface area contributed by atoms with Gasteiger partial charge in [-0.25, -0.2) is 4.39 Å². The van der Waals surface area contributed by atoms with E-state index in [2.05, 4.69) is 5.10 Å². The summed E-state index contributed by atoms with van der Waals surface area (Å²) in [5.41, 5.74) is 2.67. The van der Waals surface area contributed by atoms with Crippen molar-refractivity contribution in [2.24, 2.45) is 0 Å². The molecule has 22 heavy (non-hydrogen) atoms. The van der Waals surface area contributed by atoms with Gasteiger partial charge in [0.25, 0.3) is 0 Å². The molecule has 110 valence electrons. The first-order valence-electron chi connectivity index (χ1n) is 7.01. The molecular formula is C18H15FN2O. The summed E-state index contributed by atoms with van der Waals surface area (Å²) in [5.74, 6) is -0.442. The lowest BCUT2D eigenvalue weighted by atomic mass is 10.0. The number of hydrogen-bond donors (Lipinski definition) is 0. The molecule has 4 heteroatoms. The maximum Gasteiger partial charge on any atom is 0.159 e. The van der Waals surface area contributed by atoms with Crippen molar-refractivity contribution in [2.75, 3.05) is 0 Å². The quantitative estimate of drug-likeness (QED) is 0.683. The lowest BCUT2D eigenvalue weighted by molar-refractivity contribution is 0.101. The van der Waals surface area contributed by atoms with Crippen molar-refractivity contribution in [3.8, 4) is 11.1 Å². The van der Waals surface area contributed by atoms with E-state index in [4.69, 9.17) is 0 Å². The predicted molar refractivity (Wildman–Crippen MR) is 83.2 cm³/mol. The van der Waals surface area contributed by atoms with Crippen LogP contribution < -0.4 is 0 Å². The smallest absolute Gasteiger partial charge is 0.159 e. The molecule has 1 heterocycles. The van der Waals surface area contributed by atoms with E-state index in [1.165, 1.54) is 19.1 Å². The largest absolute Gasteiger partial charge is 0.295 e. The van der Waals surface area contributed by atoms with E-state index < -0.39 is 0 Å². The van der Waals surface area contributed by atoms with E-state index in [0.717, 1.165) is 5.56 Å². The van der Waals surface area contributed by atoms with E-state index in [0.29, 0.717) is 23.2 Å². The van der Waals surface area contributed by atoms with Gasteiger partial charge in [-0.15, -0.1) is 0 Å². The number of benzene rings is 2. The molecule has 0 fully saturated rings. The number of hydrogen-bond acceptors (Lipinski definition) is 2. The van der Waals surface area contributed by atoms with Crippen LogP contribution in [0.3, 0.4) is 0 Å². The Morgan fingerprint density at radius 2 is 1.95 bits per heavy atom. The second kappa shape index (κ2) is 5.93. The Hall–Kier alpha value is -2.75. The van der Waals surface area contributed by atoms with Crippen LogP contribution in [0.5, 0.6) is 0 Å². The van der Waals surface area contributed by atoms with Gasteiger partial charge in [0.15, 0.2) is 5.78 Å². The molecule has 0 aliphatic carbocycles. The minimum atomic E-state index is -0.357. The molecule has 3 nitrogen and oxygen atoms in total. The zero-order chi connectivity index (χ0) is 15.5. The molecule has 0 unspecified atom stereocenters. The van der Waals surface area contributed by atoms with Gasteiger partial charge in [0.2, 0.25) is 0 Å². The van der Waals surface area contributed by atoms with Gasteiger partial charge in [0.1, 0.15) is 5.82 Å². The summed E-state index contributed by atoms with van der Waals surface area (Å²) in [4.78, 5) is 11.4. The molecule has 0 atom stereocenters. The second-order valence-corrected chi connectivity index (χ2v) is 5.16. The molecule has 3 aromatic rings. The maximum atomic E-state index is 14.0. The molecular weight excluding hydrogens is 279 g/mol. The minimum absolute atomic E-state index is 0.0853. The monoisotopic (exact) mass is 294 g/mol. The van der Waals surface area contributed by atoms with E-state index >= 15 is 0 Å². The lowest BCUT2D eigenvalue weighted by Gasteiger charge is -2.03. The molecule has 3 rings (SSSR count). The molecule has 2 aromatic carbocycles. The summed E-state index contributed by atoms with van der Waals surface area (Å²) in [6, 6.07) is 14.3. The van der Waals surface area contributed by atoms with Crippen molar-refractivity contribution in [3.05, 3.63) is 77.9 Å².